The summed E-state index contributed by atoms with van der Waals surface area (Å²) in [6.07, 6.45) is 1.58. The van der Waals surface area contributed by atoms with Crippen molar-refractivity contribution in [3.63, 3.8) is 0 Å². The summed E-state index contributed by atoms with van der Waals surface area (Å²) in [6, 6.07) is 8.17. The van der Waals surface area contributed by atoms with Crippen LogP contribution in [0.25, 0.3) is 0 Å². The Bertz CT molecular complexity index is 624. The number of benzene rings is 1. The van der Waals surface area contributed by atoms with E-state index in [1.54, 1.807) is 0 Å². The van der Waals surface area contributed by atoms with Crippen molar-refractivity contribution >= 4 is 12.0 Å². The Kier molecular flexibility index (Phi) is 6.06. The zero-order chi connectivity index (χ0) is 18.6. The highest BCUT2D eigenvalue weighted by molar-refractivity contribution is 5.75. The fourth-order valence-electron chi connectivity index (χ4n) is 3.52. The van der Waals surface area contributed by atoms with Crippen LogP contribution in [0.2, 0.25) is 0 Å². The predicted octanol–water partition coefficient (Wildman–Crippen LogP) is 2.47. The van der Waals surface area contributed by atoms with Gasteiger partial charge in [0.1, 0.15) is 0 Å². The molecule has 0 radical (unpaired) electrons. The molecule has 6 heteroatoms. The minimum atomic E-state index is -0.809. The summed E-state index contributed by atoms with van der Waals surface area (Å²) in [5.74, 6) is -0.809. The zero-order valence-electron chi connectivity index (χ0n) is 15.5. The molecule has 1 saturated carbocycles. The van der Waals surface area contributed by atoms with Gasteiger partial charge < -0.3 is 15.7 Å². The maximum atomic E-state index is 12.3. The van der Waals surface area contributed by atoms with Crippen LogP contribution in [0.5, 0.6) is 0 Å². The van der Waals surface area contributed by atoms with E-state index >= 15 is 0 Å². The molecule has 1 aliphatic rings. The molecule has 0 spiro atoms. The number of hydrogen-bond donors (Lipinski definition) is 3. The second-order valence-corrected chi connectivity index (χ2v) is 7.32. The highest BCUT2D eigenvalue weighted by Crippen LogP contribution is 2.26. The van der Waals surface area contributed by atoms with Crippen LogP contribution in [0.1, 0.15) is 44.7 Å². The molecular weight excluding hydrogens is 318 g/mol. The lowest BCUT2D eigenvalue weighted by Gasteiger charge is -2.42. The maximum Gasteiger partial charge on any atom is 0.317 e. The third-order valence-electron chi connectivity index (χ3n) is 4.95. The summed E-state index contributed by atoms with van der Waals surface area (Å²) in [4.78, 5) is 25.2. The molecule has 0 aromatic heterocycles. The number of rotatable bonds is 7. The summed E-state index contributed by atoms with van der Waals surface area (Å²) in [7, 11) is 0. The summed E-state index contributed by atoms with van der Waals surface area (Å²) in [6.45, 7) is 8.74. The number of amides is 2. The lowest BCUT2D eigenvalue weighted by Crippen LogP contribution is -2.58. The molecule has 1 aromatic carbocycles. The van der Waals surface area contributed by atoms with Crippen LogP contribution in [-0.2, 0) is 10.3 Å². The van der Waals surface area contributed by atoms with Crippen molar-refractivity contribution in [2.75, 3.05) is 13.1 Å². The van der Waals surface area contributed by atoms with Gasteiger partial charge in [-0.1, -0.05) is 31.2 Å². The number of carbonyl (C=O) groups excluding carboxylic acids is 1. The van der Waals surface area contributed by atoms with E-state index in [1.165, 1.54) is 0 Å². The SMILES string of the molecule is CCN(CC(=O)O)C1CC(NC(=O)NC(C)(C)c2ccccc2C)C1. The van der Waals surface area contributed by atoms with Crippen molar-refractivity contribution in [3.8, 4) is 0 Å². The number of carboxylic acids is 1. The summed E-state index contributed by atoms with van der Waals surface area (Å²) in [5.41, 5.74) is 1.77. The number of aliphatic carboxylic acids is 1. The van der Waals surface area contributed by atoms with Crippen molar-refractivity contribution in [2.45, 2.75) is 58.2 Å². The van der Waals surface area contributed by atoms with Gasteiger partial charge in [0.25, 0.3) is 0 Å². The van der Waals surface area contributed by atoms with Gasteiger partial charge in [-0.05, 0) is 51.3 Å². The third-order valence-corrected chi connectivity index (χ3v) is 4.95. The fourth-order valence-corrected chi connectivity index (χ4v) is 3.52. The Morgan fingerprint density at radius 1 is 1.28 bits per heavy atom. The van der Waals surface area contributed by atoms with E-state index < -0.39 is 11.5 Å². The highest BCUT2D eigenvalue weighted by Gasteiger charge is 2.35. The van der Waals surface area contributed by atoms with Crippen molar-refractivity contribution < 1.29 is 14.7 Å². The molecule has 1 aliphatic carbocycles. The van der Waals surface area contributed by atoms with E-state index in [1.807, 2.05) is 56.9 Å². The molecular formula is C19H29N3O3. The van der Waals surface area contributed by atoms with E-state index in [-0.39, 0.29) is 24.7 Å². The second kappa shape index (κ2) is 7.87. The molecule has 0 heterocycles. The Balaban J connectivity index is 1.84. The summed E-state index contributed by atoms with van der Waals surface area (Å²) >= 11 is 0. The number of likely N-dealkylation sites (N-methyl/N-ethyl adjacent to an activating group) is 1. The van der Waals surface area contributed by atoms with E-state index in [4.69, 9.17) is 5.11 Å². The maximum absolute atomic E-state index is 12.3. The largest absolute Gasteiger partial charge is 0.480 e. The molecule has 138 valence electrons. The number of carboxylic acid groups (broad SMARTS) is 1. The minimum absolute atomic E-state index is 0.0560. The molecule has 0 saturated heterocycles. The Morgan fingerprint density at radius 3 is 2.48 bits per heavy atom. The monoisotopic (exact) mass is 347 g/mol. The van der Waals surface area contributed by atoms with Gasteiger partial charge in [-0.2, -0.15) is 0 Å². The normalized spacial score (nSPS) is 20.0. The number of nitrogens with one attached hydrogen (secondary N) is 2. The molecule has 0 aliphatic heterocycles. The van der Waals surface area contributed by atoms with Crippen LogP contribution in [0.15, 0.2) is 24.3 Å². The van der Waals surface area contributed by atoms with Crippen molar-refractivity contribution in [2.24, 2.45) is 0 Å². The van der Waals surface area contributed by atoms with Gasteiger partial charge in [-0.25, -0.2) is 4.79 Å². The highest BCUT2D eigenvalue weighted by atomic mass is 16.4. The lowest BCUT2D eigenvalue weighted by molar-refractivity contribution is -0.139. The zero-order valence-corrected chi connectivity index (χ0v) is 15.5. The lowest BCUT2D eigenvalue weighted by atomic mass is 9.85. The average molecular weight is 347 g/mol. The fraction of sp³-hybridized carbons (Fsp3) is 0.579. The van der Waals surface area contributed by atoms with Crippen LogP contribution in [0.3, 0.4) is 0 Å². The predicted molar refractivity (Wildman–Crippen MR) is 97.6 cm³/mol. The number of nitrogens with zero attached hydrogens (tertiary/aromatic N) is 1. The van der Waals surface area contributed by atoms with Crippen molar-refractivity contribution in [3.05, 3.63) is 35.4 Å². The van der Waals surface area contributed by atoms with E-state index in [2.05, 4.69) is 10.6 Å². The first-order valence-electron chi connectivity index (χ1n) is 8.83. The molecule has 1 aromatic rings. The minimum Gasteiger partial charge on any atom is -0.480 e. The topological polar surface area (TPSA) is 81.7 Å². The van der Waals surface area contributed by atoms with Crippen molar-refractivity contribution in [1.82, 2.24) is 15.5 Å². The van der Waals surface area contributed by atoms with Crippen LogP contribution in [0.4, 0.5) is 4.79 Å². The Hall–Kier alpha value is -2.08. The van der Waals surface area contributed by atoms with Gasteiger partial charge in [0.05, 0.1) is 12.1 Å². The molecule has 25 heavy (non-hydrogen) atoms. The quantitative estimate of drug-likeness (QED) is 0.708. The van der Waals surface area contributed by atoms with Gasteiger partial charge in [-0.3, -0.25) is 9.69 Å². The molecule has 0 unspecified atom stereocenters. The molecule has 1 fully saturated rings. The molecule has 0 atom stereocenters. The van der Waals surface area contributed by atoms with E-state index in [0.29, 0.717) is 6.54 Å². The average Bonchev–Trinajstić information content (AvgIpc) is 2.48. The molecule has 3 N–H and O–H groups in total. The number of aryl methyl sites for hydroxylation is 1. The smallest absolute Gasteiger partial charge is 0.317 e. The summed E-state index contributed by atoms with van der Waals surface area (Å²) < 4.78 is 0. The number of hydrogen-bond acceptors (Lipinski definition) is 3. The van der Waals surface area contributed by atoms with E-state index in [0.717, 1.165) is 24.0 Å². The second-order valence-electron chi connectivity index (χ2n) is 7.32. The first-order valence-corrected chi connectivity index (χ1v) is 8.83. The molecule has 2 amide bonds. The van der Waals surface area contributed by atoms with Crippen LogP contribution >= 0.6 is 0 Å². The first-order chi connectivity index (χ1) is 11.7. The third kappa shape index (κ3) is 4.95. The van der Waals surface area contributed by atoms with Gasteiger partial charge in [0.2, 0.25) is 0 Å². The van der Waals surface area contributed by atoms with Crippen molar-refractivity contribution in [1.29, 1.82) is 0 Å². The molecule has 6 nitrogen and oxygen atoms in total. The molecule has 2 rings (SSSR count). The summed E-state index contributed by atoms with van der Waals surface area (Å²) in [5, 5.41) is 15.0. The Morgan fingerprint density at radius 2 is 1.92 bits per heavy atom. The van der Waals surface area contributed by atoms with E-state index in [9.17, 15) is 9.59 Å². The molecule has 0 bridgehead atoms. The van der Waals surface area contributed by atoms with Gasteiger partial charge >= 0.3 is 12.0 Å². The number of carbonyl (C=O) groups is 2. The van der Waals surface area contributed by atoms with Crippen LogP contribution < -0.4 is 10.6 Å². The Labute approximate surface area is 149 Å². The standard InChI is InChI=1S/C19H29N3O3/c1-5-22(12-17(23)24)15-10-14(11-15)20-18(25)21-19(3,4)16-9-7-6-8-13(16)2/h6-9,14-15H,5,10-12H2,1-4H3,(H,23,24)(H2,20,21,25). The van der Waals surface area contributed by atoms with Crippen LogP contribution in [0, 0.1) is 6.92 Å². The van der Waals surface area contributed by atoms with Gasteiger partial charge in [-0.15, -0.1) is 0 Å². The van der Waals surface area contributed by atoms with Crippen LogP contribution in [-0.4, -0.2) is 47.2 Å². The first kappa shape index (κ1) is 19.2. The van der Waals surface area contributed by atoms with Gasteiger partial charge in [0, 0.05) is 12.1 Å². The number of urea groups is 1. The van der Waals surface area contributed by atoms with Gasteiger partial charge in [0.15, 0.2) is 0 Å².